The molecule has 0 atom stereocenters. The Morgan fingerprint density at radius 2 is 2.38 bits per heavy atom. The Bertz CT molecular complexity index is 61.5. The fourth-order valence-corrected chi connectivity index (χ4v) is 0.277. The first-order valence-corrected chi connectivity index (χ1v) is 2.90. The highest BCUT2D eigenvalue weighted by Crippen LogP contribution is 1.73. The van der Waals surface area contributed by atoms with E-state index >= 15 is 0 Å². The Morgan fingerprint density at radius 1 is 1.62 bits per heavy atom. The van der Waals surface area contributed by atoms with Crippen molar-refractivity contribution in [2.45, 2.75) is 20.3 Å². The van der Waals surface area contributed by atoms with Gasteiger partial charge in [-0.3, -0.25) is 10.3 Å². The van der Waals surface area contributed by atoms with Gasteiger partial charge in [0.2, 0.25) is 0 Å². The topological polar surface area (TPSA) is 21.3 Å². The maximum atomic E-state index is 4.89. The summed E-state index contributed by atoms with van der Waals surface area (Å²) in [6.07, 6.45) is 4.69. The smallest absolute Gasteiger partial charge is 0.0743 e. The number of allylic oxidation sites excluding steroid dienone is 1. The van der Waals surface area contributed by atoms with E-state index in [1.54, 1.807) is 6.20 Å². The van der Waals surface area contributed by atoms with Gasteiger partial charge in [0.15, 0.2) is 0 Å². The number of hydroxylamine groups is 1. The van der Waals surface area contributed by atoms with E-state index in [4.69, 9.17) is 4.84 Å². The van der Waals surface area contributed by atoms with Gasteiger partial charge in [0.1, 0.15) is 0 Å². The fourth-order valence-electron chi connectivity index (χ4n) is 0.277. The van der Waals surface area contributed by atoms with Gasteiger partial charge < -0.3 is 0 Å². The molecule has 0 aliphatic rings. The molecule has 0 aromatic rings. The maximum absolute atomic E-state index is 4.89. The standard InChI is InChI=1S/C6H13NO/c1-3-5-7-8-6-4-2/h3,5,7H,4,6H2,1-2H3/b5-3-. The zero-order chi connectivity index (χ0) is 6.24. The summed E-state index contributed by atoms with van der Waals surface area (Å²) in [7, 11) is 0. The summed E-state index contributed by atoms with van der Waals surface area (Å²) < 4.78 is 0. The van der Waals surface area contributed by atoms with Gasteiger partial charge in [-0.2, -0.15) is 0 Å². The van der Waals surface area contributed by atoms with Crippen LogP contribution in [-0.4, -0.2) is 6.61 Å². The van der Waals surface area contributed by atoms with E-state index in [2.05, 4.69) is 12.4 Å². The van der Waals surface area contributed by atoms with Crippen molar-refractivity contribution in [2.75, 3.05) is 6.61 Å². The molecule has 0 heterocycles. The van der Waals surface area contributed by atoms with Crippen molar-refractivity contribution in [2.24, 2.45) is 0 Å². The second-order valence-electron chi connectivity index (χ2n) is 1.47. The molecule has 0 amide bonds. The molecule has 0 unspecified atom stereocenters. The third-order valence-electron chi connectivity index (χ3n) is 0.624. The van der Waals surface area contributed by atoms with Gasteiger partial charge in [-0.05, 0) is 13.3 Å². The molecule has 0 aromatic carbocycles. The molecular formula is C6H13NO. The monoisotopic (exact) mass is 115 g/mol. The van der Waals surface area contributed by atoms with E-state index in [-0.39, 0.29) is 0 Å². The average Bonchev–Trinajstić information content (AvgIpc) is 1.81. The highest BCUT2D eigenvalue weighted by Gasteiger charge is 1.74. The third-order valence-corrected chi connectivity index (χ3v) is 0.624. The van der Waals surface area contributed by atoms with Crippen LogP contribution in [0.25, 0.3) is 0 Å². The van der Waals surface area contributed by atoms with Crippen molar-refractivity contribution in [3.05, 3.63) is 12.3 Å². The van der Waals surface area contributed by atoms with Crippen LogP contribution in [0, 0.1) is 0 Å². The quantitative estimate of drug-likeness (QED) is 0.442. The second-order valence-corrected chi connectivity index (χ2v) is 1.47. The van der Waals surface area contributed by atoms with Gasteiger partial charge in [-0.1, -0.05) is 13.0 Å². The largest absolute Gasteiger partial charge is 0.277 e. The predicted octanol–water partition coefficient (Wildman–Crippen LogP) is 1.45. The molecule has 0 bridgehead atoms. The number of hydrogen-bond acceptors (Lipinski definition) is 2. The lowest BCUT2D eigenvalue weighted by molar-refractivity contribution is 0.0717. The molecule has 2 heteroatoms. The molecule has 0 rings (SSSR count). The zero-order valence-corrected chi connectivity index (χ0v) is 5.48. The van der Waals surface area contributed by atoms with Crippen LogP contribution in [0.1, 0.15) is 20.3 Å². The summed E-state index contributed by atoms with van der Waals surface area (Å²) in [5, 5.41) is 0. The minimum Gasteiger partial charge on any atom is -0.277 e. The molecular weight excluding hydrogens is 102 g/mol. The van der Waals surface area contributed by atoms with Crippen molar-refractivity contribution >= 4 is 0 Å². The molecule has 2 nitrogen and oxygen atoms in total. The minimum atomic E-state index is 0.768. The van der Waals surface area contributed by atoms with Crippen LogP contribution in [0.5, 0.6) is 0 Å². The molecule has 8 heavy (non-hydrogen) atoms. The lowest BCUT2D eigenvalue weighted by Gasteiger charge is -1.96. The molecule has 0 fully saturated rings. The molecule has 0 saturated carbocycles. The molecule has 48 valence electrons. The summed E-state index contributed by atoms with van der Waals surface area (Å²) in [6.45, 7) is 4.77. The van der Waals surface area contributed by atoms with Crippen LogP contribution in [0.3, 0.4) is 0 Å². The molecule has 1 N–H and O–H groups in total. The van der Waals surface area contributed by atoms with Crippen molar-refractivity contribution < 1.29 is 4.84 Å². The van der Waals surface area contributed by atoms with Gasteiger partial charge in [-0.25, -0.2) is 0 Å². The summed E-state index contributed by atoms with van der Waals surface area (Å²) in [6, 6.07) is 0. The highest BCUT2D eigenvalue weighted by atomic mass is 16.6. The molecule has 0 aliphatic carbocycles. The summed E-state index contributed by atoms with van der Waals surface area (Å²) >= 11 is 0. The molecule has 0 radical (unpaired) electrons. The molecule has 0 aromatic heterocycles. The van der Waals surface area contributed by atoms with Gasteiger partial charge in [-0.15, -0.1) is 0 Å². The number of rotatable bonds is 4. The summed E-state index contributed by atoms with van der Waals surface area (Å²) in [5.74, 6) is 0. The highest BCUT2D eigenvalue weighted by molar-refractivity contribution is 4.68. The molecule has 0 saturated heterocycles. The first-order chi connectivity index (χ1) is 3.91. The fraction of sp³-hybridized carbons (Fsp3) is 0.667. The Balaban J connectivity index is 2.72. The van der Waals surface area contributed by atoms with Gasteiger partial charge in [0.25, 0.3) is 0 Å². The normalized spacial score (nSPS) is 10.2. The van der Waals surface area contributed by atoms with Crippen molar-refractivity contribution in [3.8, 4) is 0 Å². The van der Waals surface area contributed by atoms with Crippen LogP contribution in [0.15, 0.2) is 12.3 Å². The SMILES string of the molecule is C/C=C\NOCCC. The Kier molecular flexibility index (Phi) is 6.09. The third kappa shape index (κ3) is 5.50. The summed E-state index contributed by atoms with van der Waals surface area (Å²) in [5.41, 5.74) is 2.66. The van der Waals surface area contributed by atoms with Gasteiger partial charge >= 0.3 is 0 Å². The van der Waals surface area contributed by atoms with E-state index in [0.29, 0.717) is 0 Å². The van der Waals surface area contributed by atoms with Crippen LogP contribution in [-0.2, 0) is 4.84 Å². The number of hydrogen-bond donors (Lipinski definition) is 1. The zero-order valence-electron chi connectivity index (χ0n) is 5.48. The van der Waals surface area contributed by atoms with Crippen LogP contribution >= 0.6 is 0 Å². The van der Waals surface area contributed by atoms with Crippen LogP contribution in [0.2, 0.25) is 0 Å². The van der Waals surface area contributed by atoms with E-state index < -0.39 is 0 Å². The second kappa shape index (κ2) is 6.50. The van der Waals surface area contributed by atoms with Crippen molar-refractivity contribution in [3.63, 3.8) is 0 Å². The van der Waals surface area contributed by atoms with Crippen molar-refractivity contribution in [1.29, 1.82) is 0 Å². The Morgan fingerprint density at radius 3 is 2.88 bits per heavy atom. The Labute approximate surface area is 50.5 Å². The molecule has 0 spiro atoms. The molecule has 0 aliphatic heterocycles. The van der Waals surface area contributed by atoms with E-state index in [0.717, 1.165) is 13.0 Å². The first-order valence-electron chi connectivity index (χ1n) is 2.90. The van der Waals surface area contributed by atoms with Crippen LogP contribution in [0.4, 0.5) is 0 Å². The van der Waals surface area contributed by atoms with Crippen molar-refractivity contribution in [1.82, 2.24) is 5.48 Å². The van der Waals surface area contributed by atoms with E-state index in [9.17, 15) is 0 Å². The van der Waals surface area contributed by atoms with E-state index in [1.165, 1.54) is 0 Å². The Hall–Kier alpha value is -0.500. The van der Waals surface area contributed by atoms with E-state index in [1.807, 2.05) is 13.0 Å². The van der Waals surface area contributed by atoms with Gasteiger partial charge in [0.05, 0.1) is 6.61 Å². The predicted molar refractivity (Wildman–Crippen MR) is 34.2 cm³/mol. The number of nitrogens with one attached hydrogen (secondary N) is 1. The maximum Gasteiger partial charge on any atom is 0.0743 e. The summed E-state index contributed by atoms with van der Waals surface area (Å²) in [4.78, 5) is 4.89. The average molecular weight is 115 g/mol. The van der Waals surface area contributed by atoms with Gasteiger partial charge in [0, 0.05) is 6.20 Å². The first kappa shape index (κ1) is 7.50. The lowest BCUT2D eigenvalue weighted by atomic mass is 10.5. The minimum absolute atomic E-state index is 0.768. The van der Waals surface area contributed by atoms with Crippen LogP contribution < -0.4 is 5.48 Å². The lowest BCUT2D eigenvalue weighted by Crippen LogP contribution is -2.06.